The molecule has 4 aromatic rings. The highest BCUT2D eigenvalue weighted by Gasteiger charge is 2.18. The summed E-state index contributed by atoms with van der Waals surface area (Å²) in [7, 11) is 1.52. The fourth-order valence-corrected chi connectivity index (χ4v) is 3.01. The number of nitrogens with zero attached hydrogens (tertiary/aromatic N) is 4. The molecule has 0 unspecified atom stereocenters. The van der Waals surface area contributed by atoms with Crippen molar-refractivity contribution in [1.29, 1.82) is 0 Å². The zero-order valence-electron chi connectivity index (χ0n) is 16.0. The molecule has 0 saturated heterocycles. The zero-order chi connectivity index (χ0) is 20.1. The molecular formula is C23H20N4O2. The van der Waals surface area contributed by atoms with Gasteiger partial charge in [-0.15, -0.1) is 0 Å². The summed E-state index contributed by atoms with van der Waals surface area (Å²) in [5.41, 5.74) is 2.69. The number of pyridine rings is 1. The maximum atomic E-state index is 12.9. The van der Waals surface area contributed by atoms with Gasteiger partial charge in [-0.1, -0.05) is 54.6 Å². The van der Waals surface area contributed by atoms with Gasteiger partial charge in [-0.2, -0.15) is 10.1 Å². The minimum atomic E-state index is -0.454. The summed E-state index contributed by atoms with van der Waals surface area (Å²) in [6.45, 7) is 0.614. The van der Waals surface area contributed by atoms with Crippen molar-refractivity contribution in [1.82, 2.24) is 14.3 Å². The second-order valence-electron chi connectivity index (χ2n) is 6.42. The summed E-state index contributed by atoms with van der Waals surface area (Å²) in [6, 6.07) is 25.2. The van der Waals surface area contributed by atoms with Crippen molar-refractivity contribution in [2.45, 2.75) is 6.54 Å². The molecule has 0 spiro atoms. The van der Waals surface area contributed by atoms with Gasteiger partial charge in [0, 0.05) is 12.7 Å². The van der Waals surface area contributed by atoms with Crippen LogP contribution in [0.15, 0.2) is 96.2 Å². The van der Waals surface area contributed by atoms with E-state index in [9.17, 15) is 4.79 Å². The van der Waals surface area contributed by atoms with E-state index in [4.69, 9.17) is 4.74 Å². The first-order chi connectivity index (χ1) is 14.2. The largest absolute Gasteiger partial charge is 0.493 e. The molecule has 0 fully saturated rings. The number of methoxy groups -OCH3 is 1. The monoisotopic (exact) mass is 384 g/mol. The quantitative estimate of drug-likeness (QED) is 0.529. The number of ether oxygens (including phenoxy) is 1. The highest BCUT2D eigenvalue weighted by atomic mass is 16.5. The highest BCUT2D eigenvalue weighted by Crippen LogP contribution is 2.20. The topological polar surface area (TPSA) is 61.4 Å². The molecular weight excluding hydrogens is 364 g/mol. The number of benzene rings is 2. The number of hydrogen-bond donors (Lipinski definition) is 0. The van der Waals surface area contributed by atoms with Gasteiger partial charge in [0.2, 0.25) is 0 Å². The molecule has 0 bridgehead atoms. The van der Waals surface area contributed by atoms with Gasteiger partial charge in [0.15, 0.2) is 11.4 Å². The molecule has 4 rings (SSSR count). The van der Waals surface area contributed by atoms with Crippen LogP contribution in [0.25, 0.3) is 5.69 Å². The van der Waals surface area contributed by atoms with Crippen molar-refractivity contribution in [3.63, 3.8) is 0 Å². The molecule has 0 aliphatic heterocycles. The average Bonchev–Trinajstić information content (AvgIpc) is 3.21. The smallest absolute Gasteiger partial charge is 0.303 e. The lowest BCUT2D eigenvalue weighted by Crippen LogP contribution is -2.22. The van der Waals surface area contributed by atoms with Gasteiger partial charge in [0.25, 0.3) is 0 Å². The van der Waals surface area contributed by atoms with E-state index in [1.165, 1.54) is 7.11 Å². The number of carbonyl (C=O) groups is 1. The lowest BCUT2D eigenvalue weighted by atomic mass is 10.2. The summed E-state index contributed by atoms with van der Waals surface area (Å²) in [4.78, 5) is 17.2. The number of carbonyl (C=O) groups excluding carboxylic acids is 1. The zero-order valence-corrected chi connectivity index (χ0v) is 16.0. The summed E-state index contributed by atoms with van der Waals surface area (Å²) < 4.78 is 8.90. The average molecular weight is 384 g/mol. The van der Waals surface area contributed by atoms with Crippen molar-refractivity contribution >= 4 is 5.91 Å². The Hall–Kier alpha value is -3.93. The van der Waals surface area contributed by atoms with Crippen molar-refractivity contribution in [2.75, 3.05) is 7.11 Å². The summed E-state index contributed by atoms with van der Waals surface area (Å²) in [5.74, 6) is -0.0716. The van der Waals surface area contributed by atoms with E-state index in [1.54, 1.807) is 10.9 Å². The van der Waals surface area contributed by atoms with Crippen LogP contribution in [0.4, 0.5) is 0 Å². The predicted molar refractivity (Wildman–Crippen MR) is 110 cm³/mol. The SMILES string of the molecule is COc1cn(-c2ccccc2)nc1C(=O)N=c1ccccn1Cc1ccccc1. The first kappa shape index (κ1) is 18.4. The van der Waals surface area contributed by atoms with Gasteiger partial charge >= 0.3 is 5.91 Å². The molecule has 0 aliphatic carbocycles. The molecule has 6 nitrogen and oxygen atoms in total. The molecule has 2 heterocycles. The summed E-state index contributed by atoms with van der Waals surface area (Å²) >= 11 is 0. The summed E-state index contributed by atoms with van der Waals surface area (Å²) in [5, 5.41) is 4.40. The van der Waals surface area contributed by atoms with Crippen LogP contribution in [0.5, 0.6) is 5.75 Å². The molecule has 29 heavy (non-hydrogen) atoms. The van der Waals surface area contributed by atoms with E-state index in [2.05, 4.69) is 10.1 Å². The molecule has 0 aliphatic rings. The van der Waals surface area contributed by atoms with E-state index in [1.807, 2.05) is 89.6 Å². The Morgan fingerprint density at radius 2 is 1.66 bits per heavy atom. The van der Waals surface area contributed by atoms with Gasteiger partial charge in [-0.05, 0) is 29.8 Å². The van der Waals surface area contributed by atoms with Crippen LogP contribution in [0.2, 0.25) is 0 Å². The van der Waals surface area contributed by atoms with Crippen LogP contribution in [0.1, 0.15) is 16.1 Å². The summed E-state index contributed by atoms with van der Waals surface area (Å²) in [6.07, 6.45) is 3.58. The van der Waals surface area contributed by atoms with E-state index in [0.29, 0.717) is 17.8 Å². The Kier molecular flexibility index (Phi) is 5.33. The van der Waals surface area contributed by atoms with E-state index < -0.39 is 5.91 Å². The third-order valence-electron chi connectivity index (χ3n) is 4.45. The van der Waals surface area contributed by atoms with Crippen molar-refractivity contribution in [3.05, 3.63) is 108 Å². The molecule has 0 saturated carbocycles. The number of amides is 1. The third-order valence-corrected chi connectivity index (χ3v) is 4.45. The van der Waals surface area contributed by atoms with Crippen molar-refractivity contribution in [3.8, 4) is 11.4 Å². The lowest BCUT2D eigenvalue weighted by molar-refractivity contribution is 0.0989. The number of para-hydroxylation sites is 1. The molecule has 2 aromatic heterocycles. The maximum absolute atomic E-state index is 12.9. The van der Waals surface area contributed by atoms with Gasteiger partial charge in [0.1, 0.15) is 5.49 Å². The Morgan fingerprint density at radius 1 is 0.966 bits per heavy atom. The van der Waals surface area contributed by atoms with Gasteiger partial charge in [-0.25, -0.2) is 4.68 Å². The third kappa shape index (κ3) is 4.16. The lowest BCUT2D eigenvalue weighted by Gasteiger charge is -2.07. The van der Waals surface area contributed by atoms with Crippen LogP contribution < -0.4 is 10.2 Å². The second-order valence-corrected chi connectivity index (χ2v) is 6.42. The molecule has 144 valence electrons. The minimum absolute atomic E-state index is 0.173. The number of aromatic nitrogens is 3. The standard InChI is InChI=1S/C23H20N4O2/c1-29-20-17-27(19-12-6-3-7-13-19)25-22(20)23(28)24-21-14-8-9-15-26(21)16-18-10-4-2-5-11-18/h2-15,17H,16H2,1H3. The number of rotatable bonds is 5. The molecule has 0 radical (unpaired) electrons. The van der Waals surface area contributed by atoms with Crippen molar-refractivity contribution in [2.24, 2.45) is 4.99 Å². The normalized spacial score (nSPS) is 11.4. The maximum Gasteiger partial charge on any atom is 0.303 e. The van der Waals surface area contributed by atoms with Gasteiger partial charge < -0.3 is 9.30 Å². The first-order valence-electron chi connectivity index (χ1n) is 9.22. The fraction of sp³-hybridized carbons (Fsp3) is 0.0870. The van der Waals surface area contributed by atoms with E-state index in [0.717, 1.165) is 11.3 Å². The van der Waals surface area contributed by atoms with Gasteiger partial charge in [-0.3, -0.25) is 4.79 Å². The highest BCUT2D eigenvalue weighted by molar-refractivity contribution is 5.95. The minimum Gasteiger partial charge on any atom is -0.493 e. The van der Waals surface area contributed by atoms with Crippen LogP contribution in [0, 0.1) is 0 Å². The molecule has 6 heteroatoms. The Bertz CT molecular complexity index is 1180. The molecule has 0 atom stereocenters. The van der Waals surface area contributed by atoms with Crippen LogP contribution in [-0.2, 0) is 6.54 Å². The van der Waals surface area contributed by atoms with Crippen LogP contribution >= 0.6 is 0 Å². The Balaban J connectivity index is 1.69. The molecule has 1 amide bonds. The second kappa shape index (κ2) is 8.39. The molecule has 2 aromatic carbocycles. The van der Waals surface area contributed by atoms with Crippen LogP contribution in [-0.4, -0.2) is 27.4 Å². The first-order valence-corrected chi connectivity index (χ1v) is 9.22. The fourth-order valence-electron chi connectivity index (χ4n) is 3.01. The predicted octanol–water partition coefficient (Wildman–Crippen LogP) is 3.47. The van der Waals surface area contributed by atoms with E-state index in [-0.39, 0.29) is 5.69 Å². The number of hydrogen-bond acceptors (Lipinski definition) is 3. The van der Waals surface area contributed by atoms with E-state index >= 15 is 0 Å². The Labute approximate surface area is 168 Å². The van der Waals surface area contributed by atoms with Crippen LogP contribution in [0.3, 0.4) is 0 Å². The van der Waals surface area contributed by atoms with Gasteiger partial charge in [0.05, 0.1) is 19.0 Å². The molecule has 0 N–H and O–H groups in total. The van der Waals surface area contributed by atoms with Crippen molar-refractivity contribution < 1.29 is 9.53 Å². The Morgan fingerprint density at radius 3 is 2.38 bits per heavy atom.